The van der Waals surface area contributed by atoms with Gasteiger partial charge in [0.05, 0.1) is 38.0 Å². The molecule has 0 unspecified atom stereocenters. The number of hydrogen-bond acceptors (Lipinski definition) is 6. The van der Waals surface area contributed by atoms with Crippen molar-refractivity contribution < 1.29 is 18.3 Å². The molecule has 0 aliphatic carbocycles. The first-order valence-corrected chi connectivity index (χ1v) is 11.1. The normalized spacial score (nSPS) is 14.9. The highest BCUT2D eigenvalue weighted by Crippen LogP contribution is 2.38. The van der Waals surface area contributed by atoms with Gasteiger partial charge >= 0.3 is 0 Å². The van der Waals surface area contributed by atoms with Crippen LogP contribution in [0.25, 0.3) is 21.9 Å². The van der Waals surface area contributed by atoms with E-state index in [0.717, 1.165) is 36.9 Å². The van der Waals surface area contributed by atoms with Crippen molar-refractivity contribution in [2.75, 3.05) is 32.9 Å². The quantitative estimate of drug-likeness (QED) is 0.394. The lowest BCUT2D eigenvalue weighted by Gasteiger charge is -2.26. The Kier molecular flexibility index (Phi) is 5.97. The lowest BCUT2D eigenvalue weighted by Crippen LogP contribution is -2.35. The Balaban J connectivity index is 1.47. The Morgan fingerprint density at radius 3 is 2.69 bits per heavy atom. The zero-order chi connectivity index (χ0) is 21.9. The van der Waals surface area contributed by atoms with Crippen molar-refractivity contribution in [2.24, 2.45) is 0 Å². The van der Waals surface area contributed by atoms with E-state index in [2.05, 4.69) is 17.0 Å². The van der Waals surface area contributed by atoms with Crippen LogP contribution < -0.4 is 10.2 Å². The van der Waals surface area contributed by atoms with E-state index in [0.29, 0.717) is 54.4 Å². The van der Waals surface area contributed by atoms with Crippen LogP contribution >= 0.6 is 0 Å². The summed E-state index contributed by atoms with van der Waals surface area (Å²) in [6, 6.07) is 13.8. The summed E-state index contributed by atoms with van der Waals surface area (Å²) >= 11 is 0. The molecule has 5 rings (SSSR count). The smallest absolute Gasteiger partial charge is 0.206 e. The molecule has 2 aromatic carbocycles. The number of furan rings is 1. The molecule has 0 radical (unpaired) electrons. The Hall–Kier alpha value is -3.09. The van der Waals surface area contributed by atoms with E-state index < -0.39 is 0 Å². The van der Waals surface area contributed by atoms with E-state index >= 15 is 0 Å². The van der Waals surface area contributed by atoms with Gasteiger partial charge in [0.25, 0.3) is 0 Å². The maximum absolute atomic E-state index is 13.1. The Labute approximate surface area is 186 Å². The fourth-order valence-corrected chi connectivity index (χ4v) is 4.36. The number of ether oxygens (including phenoxy) is 2. The van der Waals surface area contributed by atoms with Gasteiger partial charge in [-0.05, 0) is 37.0 Å². The van der Waals surface area contributed by atoms with Gasteiger partial charge in [0, 0.05) is 24.5 Å². The zero-order valence-electron chi connectivity index (χ0n) is 18.3. The standard InChI is InChI=1S/C26H27NO5/c1-18-21-9-13-31-24(21)26(30-12-5-8-19-6-3-2-4-7-19)25-23(18)22(28)16-20(32-25)17-27-10-14-29-15-11-27/h2-4,6-7,9,13,16H,5,8,10-12,14-15,17H2,1H3. The summed E-state index contributed by atoms with van der Waals surface area (Å²) in [5.74, 6) is 1.14. The average molecular weight is 434 g/mol. The molecule has 0 bridgehead atoms. The van der Waals surface area contributed by atoms with Crippen molar-refractivity contribution in [2.45, 2.75) is 26.3 Å². The topological polar surface area (TPSA) is 65.1 Å². The monoisotopic (exact) mass is 433 g/mol. The van der Waals surface area contributed by atoms with Gasteiger partial charge in [-0.2, -0.15) is 0 Å². The first kappa shape index (κ1) is 20.8. The number of morpholine rings is 1. The molecule has 1 saturated heterocycles. The van der Waals surface area contributed by atoms with Gasteiger partial charge in [-0.25, -0.2) is 0 Å². The molecule has 3 heterocycles. The predicted octanol–water partition coefficient (Wildman–Crippen LogP) is 4.69. The minimum atomic E-state index is -0.0516. The molecular weight excluding hydrogens is 406 g/mol. The molecule has 6 heteroatoms. The first-order chi connectivity index (χ1) is 15.7. The fraction of sp³-hybridized carbons (Fsp3) is 0.346. The van der Waals surface area contributed by atoms with E-state index in [1.807, 2.05) is 31.2 Å². The van der Waals surface area contributed by atoms with Crippen LogP contribution in [0.1, 0.15) is 23.3 Å². The molecule has 0 atom stereocenters. The number of fused-ring (bicyclic) bond motifs is 2. The van der Waals surface area contributed by atoms with Crippen LogP contribution in [0.5, 0.6) is 5.75 Å². The van der Waals surface area contributed by atoms with Gasteiger partial charge < -0.3 is 18.3 Å². The summed E-state index contributed by atoms with van der Waals surface area (Å²) in [6.45, 7) is 6.02. The molecule has 0 amide bonds. The highest BCUT2D eigenvalue weighted by molar-refractivity contribution is 6.03. The molecule has 4 aromatic rings. The van der Waals surface area contributed by atoms with Crippen LogP contribution in [0, 0.1) is 6.92 Å². The second-order valence-electron chi connectivity index (χ2n) is 8.22. The minimum Gasteiger partial charge on any atom is -0.486 e. The molecule has 32 heavy (non-hydrogen) atoms. The van der Waals surface area contributed by atoms with Gasteiger partial charge in [-0.1, -0.05) is 30.3 Å². The third-order valence-electron chi connectivity index (χ3n) is 6.04. The lowest BCUT2D eigenvalue weighted by molar-refractivity contribution is 0.0313. The summed E-state index contributed by atoms with van der Waals surface area (Å²) in [5.41, 5.74) is 3.17. The highest BCUT2D eigenvalue weighted by atomic mass is 16.5. The van der Waals surface area contributed by atoms with E-state index in [9.17, 15) is 4.79 Å². The molecular formula is C26H27NO5. The van der Waals surface area contributed by atoms with E-state index in [1.54, 1.807) is 12.3 Å². The van der Waals surface area contributed by atoms with Crippen LogP contribution in [-0.2, 0) is 17.7 Å². The third kappa shape index (κ3) is 4.16. The largest absolute Gasteiger partial charge is 0.486 e. The van der Waals surface area contributed by atoms with Gasteiger partial charge in [-0.3, -0.25) is 9.69 Å². The highest BCUT2D eigenvalue weighted by Gasteiger charge is 2.21. The van der Waals surface area contributed by atoms with Gasteiger partial charge in [-0.15, -0.1) is 0 Å². The van der Waals surface area contributed by atoms with Crippen molar-refractivity contribution >= 4 is 21.9 Å². The van der Waals surface area contributed by atoms with Crippen LogP contribution in [0.15, 0.2) is 62.4 Å². The van der Waals surface area contributed by atoms with Crippen molar-refractivity contribution in [3.05, 3.63) is 75.8 Å². The SMILES string of the molecule is Cc1c2ccoc2c(OCCCc2ccccc2)c2oc(CN3CCOCC3)cc(=O)c12. The van der Waals surface area contributed by atoms with E-state index in [-0.39, 0.29) is 5.43 Å². The first-order valence-electron chi connectivity index (χ1n) is 11.1. The molecule has 0 spiro atoms. The summed E-state index contributed by atoms with van der Waals surface area (Å²) in [4.78, 5) is 15.3. The Bertz CT molecular complexity index is 1270. The summed E-state index contributed by atoms with van der Waals surface area (Å²) < 4.78 is 23.7. The maximum Gasteiger partial charge on any atom is 0.206 e. The van der Waals surface area contributed by atoms with E-state index in [4.69, 9.17) is 18.3 Å². The molecule has 1 aliphatic rings. The van der Waals surface area contributed by atoms with Crippen molar-refractivity contribution in [3.63, 3.8) is 0 Å². The maximum atomic E-state index is 13.1. The van der Waals surface area contributed by atoms with Crippen LogP contribution in [0.4, 0.5) is 0 Å². The zero-order valence-corrected chi connectivity index (χ0v) is 18.3. The van der Waals surface area contributed by atoms with Crippen LogP contribution in [0.3, 0.4) is 0 Å². The number of nitrogens with zero attached hydrogens (tertiary/aromatic N) is 1. The Morgan fingerprint density at radius 1 is 1.06 bits per heavy atom. The molecule has 6 nitrogen and oxygen atoms in total. The van der Waals surface area contributed by atoms with Crippen molar-refractivity contribution in [1.29, 1.82) is 0 Å². The second-order valence-corrected chi connectivity index (χ2v) is 8.22. The second kappa shape index (κ2) is 9.18. The number of hydrogen-bond donors (Lipinski definition) is 0. The number of aryl methyl sites for hydroxylation is 2. The van der Waals surface area contributed by atoms with Gasteiger partial charge in [0.2, 0.25) is 5.75 Å². The molecule has 1 fully saturated rings. The molecule has 2 aromatic heterocycles. The molecule has 0 N–H and O–H groups in total. The average Bonchev–Trinajstić information content (AvgIpc) is 3.30. The number of rotatable bonds is 7. The van der Waals surface area contributed by atoms with Crippen LogP contribution in [0.2, 0.25) is 0 Å². The lowest BCUT2D eigenvalue weighted by atomic mass is 10.0. The minimum absolute atomic E-state index is 0.0516. The van der Waals surface area contributed by atoms with Gasteiger partial charge in [0.1, 0.15) is 5.76 Å². The van der Waals surface area contributed by atoms with Crippen molar-refractivity contribution in [3.8, 4) is 5.75 Å². The third-order valence-corrected chi connectivity index (χ3v) is 6.04. The molecule has 166 valence electrons. The molecule has 1 aliphatic heterocycles. The Morgan fingerprint density at radius 2 is 1.88 bits per heavy atom. The van der Waals surface area contributed by atoms with Crippen LogP contribution in [-0.4, -0.2) is 37.8 Å². The molecule has 0 saturated carbocycles. The summed E-state index contributed by atoms with van der Waals surface area (Å²) in [7, 11) is 0. The number of benzene rings is 2. The van der Waals surface area contributed by atoms with Crippen molar-refractivity contribution in [1.82, 2.24) is 4.90 Å². The van der Waals surface area contributed by atoms with E-state index in [1.165, 1.54) is 5.56 Å². The predicted molar refractivity (Wildman–Crippen MR) is 123 cm³/mol. The van der Waals surface area contributed by atoms with Gasteiger partial charge in [0.15, 0.2) is 16.6 Å². The summed E-state index contributed by atoms with van der Waals surface area (Å²) in [6.07, 6.45) is 3.39. The fourth-order valence-electron chi connectivity index (χ4n) is 4.36. The summed E-state index contributed by atoms with van der Waals surface area (Å²) in [5, 5.41) is 1.44.